The zero-order valence-electron chi connectivity index (χ0n) is 10.3. The van der Waals surface area contributed by atoms with Crippen LogP contribution in [0.15, 0.2) is 0 Å². The molecule has 0 aromatic heterocycles. The summed E-state index contributed by atoms with van der Waals surface area (Å²) in [6.45, 7) is 8.72. The van der Waals surface area contributed by atoms with E-state index in [1.165, 1.54) is 12.8 Å². The average molecular weight is 212 g/mol. The van der Waals surface area contributed by atoms with Gasteiger partial charge in [0, 0.05) is 12.5 Å². The van der Waals surface area contributed by atoms with Crippen molar-refractivity contribution in [3.63, 3.8) is 0 Å². The fourth-order valence-electron chi connectivity index (χ4n) is 1.64. The lowest BCUT2D eigenvalue weighted by atomic mass is 9.87. The summed E-state index contributed by atoms with van der Waals surface area (Å²) in [5.74, 6) is 1.28. The minimum atomic E-state index is -0.264. The van der Waals surface area contributed by atoms with Crippen LogP contribution < -0.4 is 11.1 Å². The zero-order chi connectivity index (χ0) is 11.6. The van der Waals surface area contributed by atoms with Gasteiger partial charge in [-0.15, -0.1) is 0 Å². The van der Waals surface area contributed by atoms with E-state index in [4.69, 9.17) is 5.73 Å². The standard InChI is InChI=1S/C12H24N2O/c1-8(2)12(4,7-13)14-11(15)9(3)10-5-6-10/h8-10H,5-7,13H2,1-4H3,(H,14,15). The number of hydrogen-bond donors (Lipinski definition) is 2. The third-order valence-corrected chi connectivity index (χ3v) is 3.85. The Labute approximate surface area is 92.8 Å². The Kier molecular flexibility index (Phi) is 3.77. The summed E-state index contributed by atoms with van der Waals surface area (Å²) in [5, 5.41) is 3.10. The van der Waals surface area contributed by atoms with Gasteiger partial charge < -0.3 is 11.1 Å². The minimum Gasteiger partial charge on any atom is -0.349 e. The lowest BCUT2D eigenvalue weighted by Crippen LogP contribution is -2.56. The van der Waals surface area contributed by atoms with E-state index < -0.39 is 0 Å². The maximum absolute atomic E-state index is 11.9. The van der Waals surface area contributed by atoms with Gasteiger partial charge in [0.05, 0.1) is 5.54 Å². The second-order valence-electron chi connectivity index (χ2n) is 5.39. The molecule has 0 bridgehead atoms. The van der Waals surface area contributed by atoms with Crippen molar-refractivity contribution in [1.82, 2.24) is 5.32 Å². The topological polar surface area (TPSA) is 55.1 Å². The number of amides is 1. The van der Waals surface area contributed by atoms with E-state index in [1.54, 1.807) is 0 Å². The molecule has 1 rings (SSSR count). The highest BCUT2D eigenvalue weighted by molar-refractivity contribution is 5.79. The molecule has 0 aromatic rings. The maximum Gasteiger partial charge on any atom is 0.223 e. The number of carbonyl (C=O) groups excluding carboxylic acids is 1. The zero-order valence-corrected chi connectivity index (χ0v) is 10.3. The number of rotatable bonds is 5. The summed E-state index contributed by atoms with van der Waals surface area (Å²) in [7, 11) is 0. The van der Waals surface area contributed by atoms with E-state index in [0.29, 0.717) is 18.4 Å². The Hall–Kier alpha value is -0.570. The smallest absolute Gasteiger partial charge is 0.223 e. The van der Waals surface area contributed by atoms with Gasteiger partial charge in [0.15, 0.2) is 0 Å². The second-order valence-corrected chi connectivity index (χ2v) is 5.39. The van der Waals surface area contributed by atoms with Crippen LogP contribution >= 0.6 is 0 Å². The van der Waals surface area contributed by atoms with Crippen LogP contribution in [0.4, 0.5) is 0 Å². The number of nitrogens with one attached hydrogen (secondary N) is 1. The highest BCUT2D eigenvalue weighted by atomic mass is 16.2. The SMILES string of the molecule is CC(C(=O)NC(C)(CN)C(C)C)C1CC1. The number of hydrogen-bond acceptors (Lipinski definition) is 2. The quantitative estimate of drug-likeness (QED) is 0.726. The Bertz CT molecular complexity index is 236. The van der Waals surface area contributed by atoms with Crippen molar-refractivity contribution in [3.05, 3.63) is 0 Å². The van der Waals surface area contributed by atoms with Gasteiger partial charge in [-0.3, -0.25) is 4.79 Å². The van der Waals surface area contributed by atoms with Crippen LogP contribution in [0.1, 0.15) is 40.5 Å². The lowest BCUT2D eigenvalue weighted by molar-refractivity contribution is -0.127. The van der Waals surface area contributed by atoms with Crippen LogP contribution in [0.2, 0.25) is 0 Å². The van der Waals surface area contributed by atoms with Crippen LogP contribution in [0, 0.1) is 17.8 Å². The van der Waals surface area contributed by atoms with E-state index in [-0.39, 0.29) is 17.4 Å². The molecular weight excluding hydrogens is 188 g/mol. The summed E-state index contributed by atoms with van der Waals surface area (Å²) in [5.41, 5.74) is 5.47. The van der Waals surface area contributed by atoms with E-state index in [2.05, 4.69) is 19.2 Å². The van der Waals surface area contributed by atoms with Crippen LogP contribution in [0.25, 0.3) is 0 Å². The summed E-state index contributed by atoms with van der Waals surface area (Å²) in [6.07, 6.45) is 2.41. The van der Waals surface area contributed by atoms with Crippen molar-refractivity contribution in [2.75, 3.05) is 6.54 Å². The minimum absolute atomic E-state index is 0.148. The molecule has 0 saturated heterocycles. The van der Waals surface area contributed by atoms with Gasteiger partial charge in [-0.05, 0) is 31.6 Å². The van der Waals surface area contributed by atoms with Gasteiger partial charge >= 0.3 is 0 Å². The molecular formula is C12H24N2O. The van der Waals surface area contributed by atoms with Crippen molar-refractivity contribution in [2.45, 2.75) is 46.1 Å². The third kappa shape index (κ3) is 2.94. The maximum atomic E-state index is 11.9. The molecule has 0 heterocycles. The monoisotopic (exact) mass is 212 g/mol. The largest absolute Gasteiger partial charge is 0.349 e. The molecule has 1 saturated carbocycles. The molecule has 0 aromatic carbocycles. The van der Waals surface area contributed by atoms with Crippen LogP contribution in [0.5, 0.6) is 0 Å². The van der Waals surface area contributed by atoms with Gasteiger partial charge in [-0.2, -0.15) is 0 Å². The average Bonchev–Trinajstić information content (AvgIpc) is 2.99. The Balaban J connectivity index is 2.54. The fraction of sp³-hybridized carbons (Fsp3) is 0.917. The molecule has 0 aliphatic heterocycles. The lowest BCUT2D eigenvalue weighted by Gasteiger charge is -2.34. The van der Waals surface area contributed by atoms with Crippen molar-refractivity contribution in [1.29, 1.82) is 0 Å². The van der Waals surface area contributed by atoms with Crippen LogP contribution in [0.3, 0.4) is 0 Å². The van der Waals surface area contributed by atoms with Crippen LogP contribution in [-0.2, 0) is 4.79 Å². The van der Waals surface area contributed by atoms with Gasteiger partial charge in [-0.1, -0.05) is 20.8 Å². The summed E-state index contributed by atoms with van der Waals surface area (Å²) < 4.78 is 0. The summed E-state index contributed by atoms with van der Waals surface area (Å²) in [6, 6.07) is 0. The molecule has 2 atom stereocenters. The van der Waals surface area contributed by atoms with Crippen molar-refractivity contribution < 1.29 is 4.79 Å². The predicted molar refractivity (Wildman–Crippen MR) is 62.3 cm³/mol. The van der Waals surface area contributed by atoms with E-state index in [9.17, 15) is 4.79 Å². The highest BCUT2D eigenvalue weighted by Crippen LogP contribution is 2.36. The normalized spacial score (nSPS) is 22.3. The molecule has 1 aliphatic carbocycles. The first-order chi connectivity index (χ1) is 6.90. The second kappa shape index (κ2) is 4.52. The summed E-state index contributed by atoms with van der Waals surface area (Å²) in [4.78, 5) is 11.9. The molecule has 2 unspecified atom stereocenters. The highest BCUT2D eigenvalue weighted by Gasteiger charge is 2.36. The van der Waals surface area contributed by atoms with Crippen molar-refractivity contribution in [2.24, 2.45) is 23.5 Å². The van der Waals surface area contributed by atoms with Gasteiger partial charge in [-0.25, -0.2) is 0 Å². The van der Waals surface area contributed by atoms with Gasteiger partial charge in [0.1, 0.15) is 0 Å². The molecule has 1 amide bonds. The van der Waals surface area contributed by atoms with Crippen molar-refractivity contribution >= 4 is 5.91 Å². The molecule has 3 N–H and O–H groups in total. The number of carbonyl (C=O) groups is 1. The molecule has 3 nitrogen and oxygen atoms in total. The predicted octanol–water partition coefficient (Wildman–Crippen LogP) is 1.52. The molecule has 88 valence electrons. The molecule has 1 fully saturated rings. The van der Waals surface area contributed by atoms with E-state index >= 15 is 0 Å². The number of nitrogens with two attached hydrogens (primary N) is 1. The van der Waals surface area contributed by atoms with E-state index in [0.717, 1.165) is 0 Å². The molecule has 3 heteroatoms. The third-order valence-electron chi connectivity index (χ3n) is 3.85. The Morgan fingerprint density at radius 1 is 1.47 bits per heavy atom. The van der Waals surface area contributed by atoms with Crippen molar-refractivity contribution in [3.8, 4) is 0 Å². The first kappa shape index (κ1) is 12.5. The summed E-state index contributed by atoms with van der Waals surface area (Å²) >= 11 is 0. The first-order valence-corrected chi connectivity index (χ1v) is 5.93. The molecule has 0 radical (unpaired) electrons. The molecule has 15 heavy (non-hydrogen) atoms. The first-order valence-electron chi connectivity index (χ1n) is 5.93. The van der Waals surface area contributed by atoms with Gasteiger partial charge in [0.2, 0.25) is 5.91 Å². The molecule has 0 spiro atoms. The molecule has 1 aliphatic rings. The fourth-order valence-corrected chi connectivity index (χ4v) is 1.64. The van der Waals surface area contributed by atoms with Crippen LogP contribution in [-0.4, -0.2) is 18.0 Å². The Morgan fingerprint density at radius 2 is 2.00 bits per heavy atom. The van der Waals surface area contributed by atoms with E-state index in [1.807, 2.05) is 13.8 Å². The van der Waals surface area contributed by atoms with Gasteiger partial charge in [0.25, 0.3) is 0 Å². The Morgan fingerprint density at radius 3 is 2.33 bits per heavy atom.